The van der Waals surface area contributed by atoms with E-state index in [1.165, 1.54) is 25.0 Å². The van der Waals surface area contributed by atoms with Gasteiger partial charge < -0.3 is 0 Å². The van der Waals surface area contributed by atoms with E-state index in [0.717, 1.165) is 18.1 Å². The Balaban J connectivity index is 2.29. The minimum Gasteiger partial charge on any atom is -0.271 e. The minimum absolute atomic E-state index is 0.475. The molecule has 0 spiro atoms. The van der Waals surface area contributed by atoms with E-state index in [2.05, 4.69) is 23.8 Å². The third kappa shape index (κ3) is 3.71. The first-order valence-electron chi connectivity index (χ1n) is 5.07. The number of allylic oxidation sites excluding steroid dienone is 1. The summed E-state index contributed by atoms with van der Waals surface area (Å²) in [5.41, 5.74) is 2.94. The zero-order valence-corrected chi connectivity index (χ0v) is 8.98. The lowest BCUT2D eigenvalue weighted by Gasteiger charge is -2.29. The predicted octanol–water partition coefficient (Wildman–Crippen LogP) is 2.07. The van der Waals surface area contributed by atoms with E-state index in [0.29, 0.717) is 6.04 Å². The van der Waals surface area contributed by atoms with E-state index in [-0.39, 0.29) is 0 Å². The number of nitrogens with one attached hydrogen (secondary N) is 1. The molecule has 3 heteroatoms. The largest absolute Gasteiger partial charge is 0.271 e. The Labute approximate surface area is 85.3 Å². The molecule has 1 rings (SSSR count). The topological polar surface area (TPSA) is 38.0 Å². The van der Waals surface area contributed by atoms with Gasteiger partial charge in [0.05, 0.1) is 0 Å². The fourth-order valence-electron chi connectivity index (χ4n) is 1.76. The number of rotatable bonds is 5. The van der Waals surface area contributed by atoms with Crippen LogP contribution in [-0.4, -0.2) is 17.0 Å². The molecule has 0 amide bonds. The Morgan fingerprint density at radius 1 is 1.62 bits per heavy atom. The second kappa shape index (κ2) is 6.46. The molecule has 1 saturated heterocycles. The third-order valence-corrected chi connectivity index (χ3v) is 4.08. The molecule has 1 heterocycles. The summed E-state index contributed by atoms with van der Waals surface area (Å²) < 4.78 is 0. The standard InChI is InChI=1S/C10H20N2S/c1-2-3-6-9(12-11)10-7-4-5-8-13-10/h2,9-10,12H,1,3-8,11H2. The average Bonchev–Trinajstić information content (AvgIpc) is 2.21. The van der Waals surface area contributed by atoms with Gasteiger partial charge >= 0.3 is 0 Å². The van der Waals surface area contributed by atoms with Crippen LogP contribution in [0.1, 0.15) is 32.1 Å². The van der Waals surface area contributed by atoms with Gasteiger partial charge in [0.25, 0.3) is 0 Å². The maximum atomic E-state index is 5.55. The second-order valence-corrected chi connectivity index (χ2v) is 4.89. The van der Waals surface area contributed by atoms with Crippen LogP contribution in [0.3, 0.4) is 0 Å². The molecular formula is C10H20N2S. The normalized spacial score (nSPS) is 25.5. The molecule has 0 radical (unpaired) electrons. The zero-order chi connectivity index (χ0) is 9.52. The van der Waals surface area contributed by atoms with Gasteiger partial charge in [0.1, 0.15) is 0 Å². The van der Waals surface area contributed by atoms with E-state index in [4.69, 9.17) is 5.84 Å². The molecule has 1 fully saturated rings. The molecule has 2 unspecified atom stereocenters. The number of hydrazine groups is 1. The van der Waals surface area contributed by atoms with Gasteiger partial charge in [-0.05, 0) is 31.4 Å². The van der Waals surface area contributed by atoms with Crippen molar-refractivity contribution in [1.29, 1.82) is 0 Å². The zero-order valence-electron chi connectivity index (χ0n) is 8.17. The van der Waals surface area contributed by atoms with Crippen LogP contribution < -0.4 is 11.3 Å². The molecule has 0 aromatic heterocycles. The van der Waals surface area contributed by atoms with Crippen molar-refractivity contribution in [3.63, 3.8) is 0 Å². The minimum atomic E-state index is 0.475. The fourth-order valence-corrected chi connectivity index (χ4v) is 3.21. The number of nitrogens with two attached hydrogens (primary N) is 1. The van der Waals surface area contributed by atoms with Gasteiger partial charge in [0, 0.05) is 11.3 Å². The van der Waals surface area contributed by atoms with Crippen LogP contribution in [0.15, 0.2) is 12.7 Å². The van der Waals surface area contributed by atoms with E-state index in [1.807, 2.05) is 6.08 Å². The lowest BCUT2D eigenvalue weighted by molar-refractivity contribution is 0.452. The van der Waals surface area contributed by atoms with E-state index in [9.17, 15) is 0 Å². The quantitative estimate of drug-likeness (QED) is 0.405. The predicted molar refractivity (Wildman–Crippen MR) is 60.6 cm³/mol. The number of hydrogen-bond donors (Lipinski definition) is 2. The highest BCUT2D eigenvalue weighted by Crippen LogP contribution is 2.28. The van der Waals surface area contributed by atoms with Gasteiger partial charge in [-0.2, -0.15) is 11.8 Å². The van der Waals surface area contributed by atoms with Crippen LogP contribution in [0.5, 0.6) is 0 Å². The van der Waals surface area contributed by atoms with Gasteiger partial charge in [0.2, 0.25) is 0 Å². The number of hydrogen-bond acceptors (Lipinski definition) is 3. The SMILES string of the molecule is C=CCCC(NN)C1CCCCS1. The summed E-state index contributed by atoms with van der Waals surface area (Å²) in [7, 11) is 0. The molecule has 0 saturated carbocycles. The van der Waals surface area contributed by atoms with Crippen LogP contribution in [0.2, 0.25) is 0 Å². The van der Waals surface area contributed by atoms with Crippen molar-refractivity contribution in [3.05, 3.63) is 12.7 Å². The Bertz CT molecular complexity index is 144. The highest BCUT2D eigenvalue weighted by molar-refractivity contribution is 8.00. The summed E-state index contributed by atoms with van der Waals surface area (Å²) in [5, 5.41) is 0.721. The maximum absolute atomic E-state index is 5.55. The van der Waals surface area contributed by atoms with Crippen molar-refractivity contribution in [2.75, 3.05) is 5.75 Å². The average molecular weight is 200 g/mol. The Kier molecular flexibility index (Phi) is 5.51. The van der Waals surface area contributed by atoms with Gasteiger partial charge in [-0.25, -0.2) is 0 Å². The van der Waals surface area contributed by atoms with E-state index in [1.54, 1.807) is 0 Å². The van der Waals surface area contributed by atoms with Crippen molar-refractivity contribution in [3.8, 4) is 0 Å². The molecule has 0 aliphatic carbocycles. The highest BCUT2D eigenvalue weighted by Gasteiger charge is 2.22. The highest BCUT2D eigenvalue weighted by atomic mass is 32.2. The summed E-state index contributed by atoms with van der Waals surface area (Å²) in [6.07, 6.45) is 8.21. The van der Waals surface area contributed by atoms with Crippen LogP contribution in [0.4, 0.5) is 0 Å². The lowest BCUT2D eigenvalue weighted by atomic mass is 10.0. The second-order valence-electron chi connectivity index (χ2n) is 3.54. The van der Waals surface area contributed by atoms with Gasteiger partial charge in [-0.15, -0.1) is 6.58 Å². The maximum Gasteiger partial charge on any atom is 0.0332 e. The molecule has 0 bridgehead atoms. The summed E-state index contributed by atoms with van der Waals surface area (Å²) in [6.45, 7) is 3.74. The van der Waals surface area contributed by atoms with Crippen LogP contribution in [0, 0.1) is 0 Å². The molecule has 0 aromatic carbocycles. The first kappa shape index (κ1) is 11.1. The molecule has 1 aliphatic heterocycles. The first-order chi connectivity index (χ1) is 6.38. The smallest absolute Gasteiger partial charge is 0.0332 e. The number of thioether (sulfide) groups is 1. The fraction of sp³-hybridized carbons (Fsp3) is 0.800. The van der Waals surface area contributed by atoms with Crippen molar-refractivity contribution < 1.29 is 0 Å². The lowest BCUT2D eigenvalue weighted by Crippen LogP contribution is -2.43. The van der Waals surface area contributed by atoms with E-state index < -0.39 is 0 Å². The Morgan fingerprint density at radius 2 is 2.46 bits per heavy atom. The van der Waals surface area contributed by atoms with Crippen molar-refractivity contribution in [1.82, 2.24) is 5.43 Å². The first-order valence-corrected chi connectivity index (χ1v) is 6.12. The molecule has 0 aromatic rings. The Morgan fingerprint density at radius 3 is 3.00 bits per heavy atom. The monoisotopic (exact) mass is 200 g/mol. The van der Waals surface area contributed by atoms with Crippen LogP contribution in [-0.2, 0) is 0 Å². The van der Waals surface area contributed by atoms with Crippen LogP contribution >= 0.6 is 11.8 Å². The third-order valence-electron chi connectivity index (χ3n) is 2.56. The van der Waals surface area contributed by atoms with Crippen molar-refractivity contribution in [2.24, 2.45) is 5.84 Å². The van der Waals surface area contributed by atoms with Crippen molar-refractivity contribution >= 4 is 11.8 Å². The van der Waals surface area contributed by atoms with Gasteiger partial charge in [-0.3, -0.25) is 11.3 Å². The molecule has 1 aliphatic rings. The molecular weight excluding hydrogens is 180 g/mol. The van der Waals surface area contributed by atoms with Crippen molar-refractivity contribution in [2.45, 2.75) is 43.4 Å². The summed E-state index contributed by atoms with van der Waals surface area (Å²) >= 11 is 2.07. The van der Waals surface area contributed by atoms with Gasteiger partial charge in [-0.1, -0.05) is 12.5 Å². The summed E-state index contributed by atoms with van der Waals surface area (Å²) in [6, 6.07) is 0.475. The molecule has 76 valence electrons. The molecule has 2 atom stereocenters. The summed E-state index contributed by atoms with van der Waals surface area (Å²) in [5.74, 6) is 6.85. The van der Waals surface area contributed by atoms with E-state index >= 15 is 0 Å². The Hall–Kier alpha value is 0.0100. The van der Waals surface area contributed by atoms with Crippen LogP contribution in [0.25, 0.3) is 0 Å². The van der Waals surface area contributed by atoms with Gasteiger partial charge in [0.15, 0.2) is 0 Å². The summed E-state index contributed by atoms with van der Waals surface area (Å²) in [4.78, 5) is 0. The molecule has 3 N–H and O–H groups in total. The molecule has 13 heavy (non-hydrogen) atoms. The molecule has 2 nitrogen and oxygen atoms in total.